The fraction of sp³-hybridized carbons (Fsp3) is 0.250. The van der Waals surface area contributed by atoms with E-state index in [0.717, 1.165) is 28.5 Å². The van der Waals surface area contributed by atoms with Crippen molar-refractivity contribution in [2.24, 2.45) is 4.99 Å². The van der Waals surface area contributed by atoms with Gasteiger partial charge in [-0.1, -0.05) is 0 Å². The monoisotopic (exact) mass is 498 g/mol. The molecule has 28 heavy (non-hydrogen) atoms. The predicted molar refractivity (Wildman–Crippen MR) is 120 cm³/mol. The molecule has 0 aliphatic carbocycles. The van der Waals surface area contributed by atoms with Crippen molar-refractivity contribution in [1.82, 2.24) is 15.6 Å². The average molecular weight is 498 g/mol. The number of nitrogens with zero attached hydrogens (tertiary/aromatic N) is 1. The molecule has 1 heterocycles. The van der Waals surface area contributed by atoms with Gasteiger partial charge in [-0.15, -0.1) is 24.0 Å². The molecule has 0 saturated carbocycles. The van der Waals surface area contributed by atoms with Gasteiger partial charge in [-0.25, -0.2) is 4.39 Å². The number of nitrogens with one attached hydrogen (secondary N) is 3. The van der Waals surface area contributed by atoms with E-state index >= 15 is 0 Å². The van der Waals surface area contributed by atoms with Gasteiger partial charge in [0, 0.05) is 42.8 Å². The van der Waals surface area contributed by atoms with Crippen molar-refractivity contribution < 1.29 is 14.2 Å². The second-order valence-corrected chi connectivity index (χ2v) is 6.10. The molecule has 0 saturated heterocycles. The lowest BCUT2D eigenvalue weighted by Crippen LogP contribution is -2.37. The molecule has 1 aromatic heterocycles. The van der Waals surface area contributed by atoms with Crippen LogP contribution in [0.15, 0.2) is 47.6 Å². The molecule has 4 N–H and O–H groups in total. The number of methoxy groups -OCH3 is 1. The SMILES string of the molecule is CN=C(NCCc1c[nH]c2cc(F)ccc12)NCc1cc(OC)ccc1O.I. The molecular weight excluding hydrogens is 474 g/mol. The molecule has 3 aromatic rings. The van der Waals surface area contributed by atoms with E-state index in [0.29, 0.717) is 24.8 Å². The van der Waals surface area contributed by atoms with Gasteiger partial charge in [0.2, 0.25) is 0 Å². The lowest BCUT2D eigenvalue weighted by molar-refractivity contribution is 0.410. The van der Waals surface area contributed by atoms with Crippen molar-refractivity contribution in [1.29, 1.82) is 0 Å². The van der Waals surface area contributed by atoms with Crippen LogP contribution in [0.1, 0.15) is 11.1 Å². The van der Waals surface area contributed by atoms with Crippen LogP contribution in [0.5, 0.6) is 11.5 Å². The van der Waals surface area contributed by atoms with Gasteiger partial charge in [-0.05, 0) is 48.4 Å². The van der Waals surface area contributed by atoms with Crippen molar-refractivity contribution in [3.63, 3.8) is 0 Å². The lowest BCUT2D eigenvalue weighted by atomic mass is 10.1. The number of guanidine groups is 1. The Labute approximate surface area is 180 Å². The molecule has 150 valence electrons. The van der Waals surface area contributed by atoms with Crippen molar-refractivity contribution in [2.75, 3.05) is 20.7 Å². The minimum Gasteiger partial charge on any atom is -0.508 e. The maximum Gasteiger partial charge on any atom is 0.191 e. The highest BCUT2D eigenvalue weighted by atomic mass is 127. The zero-order chi connectivity index (χ0) is 19.2. The number of aromatic hydroxyl groups is 1. The smallest absolute Gasteiger partial charge is 0.191 e. The van der Waals surface area contributed by atoms with Crippen LogP contribution in [-0.4, -0.2) is 36.8 Å². The summed E-state index contributed by atoms with van der Waals surface area (Å²) in [5.74, 6) is 1.26. The summed E-state index contributed by atoms with van der Waals surface area (Å²) >= 11 is 0. The van der Waals surface area contributed by atoms with E-state index in [9.17, 15) is 9.50 Å². The number of aromatic nitrogens is 1. The summed E-state index contributed by atoms with van der Waals surface area (Å²) in [6.07, 6.45) is 2.66. The van der Waals surface area contributed by atoms with E-state index in [2.05, 4.69) is 20.6 Å². The molecule has 0 aliphatic rings. The topological polar surface area (TPSA) is 81.7 Å². The Kier molecular flexibility index (Phi) is 7.91. The number of rotatable bonds is 6. The van der Waals surface area contributed by atoms with Gasteiger partial charge < -0.3 is 25.5 Å². The number of phenols is 1. The zero-order valence-corrected chi connectivity index (χ0v) is 18.1. The van der Waals surface area contributed by atoms with Gasteiger partial charge in [0.15, 0.2) is 5.96 Å². The number of aliphatic imine (C=N–C) groups is 1. The Bertz CT molecular complexity index is 959. The lowest BCUT2D eigenvalue weighted by Gasteiger charge is -2.13. The van der Waals surface area contributed by atoms with Gasteiger partial charge in [0.1, 0.15) is 17.3 Å². The Morgan fingerprint density at radius 2 is 2.00 bits per heavy atom. The Morgan fingerprint density at radius 1 is 1.18 bits per heavy atom. The number of fused-ring (bicyclic) bond motifs is 1. The third-order valence-electron chi connectivity index (χ3n) is 4.37. The summed E-state index contributed by atoms with van der Waals surface area (Å²) in [7, 11) is 3.28. The van der Waals surface area contributed by atoms with Gasteiger partial charge in [-0.2, -0.15) is 0 Å². The summed E-state index contributed by atoms with van der Waals surface area (Å²) in [6.45, 7) is 1.07. The van der Waals surface area contributed by atoms with E-state index in [-0.39, 0.29) is 35.5 Å². The van der Waals surface area contributed by atoms with Crippen LogP contribution in [-0.2, 0) is 13.0 Å². The summed E-state index contributed by atoms with van der Waals surface area (Å²) in [6, 6.07) is 9.84. The van der Waals surface area contributed by atoms with E-state index < -0.39 is 0 Å². The number of phenolic OH excluding ortho intramolecular Hbond substituents is 1. The maximum absolute atomic E-state index is 13.3. The molecule has 3 rings (SSSR count). The molecule has 0 spiro atoms. The number of benzene rings is 2. The first-order valence-corrected chi connectivity index (χ1v) is 8.66. The highest BCUT2D eigenvalue weighted by Crippen LogP contribution is 2.22. The van der Waals surface area contributed by atoms with Gasteiger partial charge in [0.05, 0.1) is 7.11 Å². The Morgan fingerprint density at radius 3 is 2.75 bits per heavy atom. The Balaban J connectivity index is 0.00000280. The normalized spacial score (nSPS) is 11.2. The second-order valence-electron chi connectivity index (χ2n) is 6.10. The van der Waals surface area contributed by atoms with E-state index in [1.807, 2.05) is 6.20 Å². The highest BCUT2D eigenvalue weighted by Gasteiger charge is 2.07. The maximum atomic E-state index is 13.3. The largest absolute Gasteiger partial charge is 0.508 e. The number of halogens is 2. The van der Waals surface area contributed by atoms with Gasteiger partial charge in [0.25, 0.3) is 0 Å². The van der Waals surface area contributed by atoms with Crippen LogP contribution in [0, 0.1) is 5.82 Å². The number of aromatic amines is 1. The average Bonchev–Trinajstić information content (AvgIpc) is 3.07. The summed E-state index contributed by atoms with van der Waals surface area (Å²) in [5.41, 5.74) is 2.62. The quantitative estimate of drug-likeness (QED) is 0.238. The molecule has 0 bridgehead atoms. The molecule has 8 heteroatoms. The molecule has 0 radical (unpaired) electrons. The van der Waals surface area contributed by atoms with Crippen molar-refractivity contribution in [3.8, 4) is 11.5 Å². The van der Waals surface area contributed by atoms with Crippen LogP contribution in [0.4, 0.5) is 4.39 Å². The van der Waals surface area contributed by atoms with Gasteiger partial charge in [-0.3, -0.25) is 4.99 Å². The van der Waals surface area contributed by atoms with Crippen LogP contribution < -0.4 is 15.4 Å². The number of hydrogen-bond donors (Lipinski definition) is 4. The fourth-order valence-electron chi connectivity index (χ4n) is 2.91. The minimum atomic E-state index is -0.251. The second kappa shape index (κ2) is 10.2. The minimum absolute atomic E-state index is 0. The molecule has 0 unspecified atom stereocenters. The van der Waals surface area contributed by atoms with E-state index in [1.54, 1.807) is 38.4 Å². The highest BCUT2D eigenvalue weighted by molar-refractivity contribution is 14.0. The molecule has 0 amide bonds. The van der Waals surface area contributed by atoms with Crippen LogP contribution in [0.2, 0.25) is 0 Å². The fourth-order valence-corrected chi connectivity index (χ4v) is 2.91. The van der Waals surface area contributed by atoms with E-state index in [1.165, 1.54) is 12.1 Å². The Hall–Kier alpha value is -2.49. The molecule has 0 fully saturated rings. The molecule has 0 atom stereocenters. The third kappa shape index (κ3) is 5.28. The van der Waals surface area contributed by atoms with Gasteiger partial charge >= 0.3 is 0 Å². The third-order valence-corrected chi connectivity index (χ3v) is 4.37. The number of hydrogen-bond acceptors (Lipinski definition) is 3. The van der Waals surface area contributed by atoms with Crippen molar-refractivity contribution in [2.45, 2.75) is 13.0 Å². The number of ether oxygens (including phenoxy) is 1. The summed E-state index contributed by atoms with van der Waals surface area (Å²) in [5, 5.41) is 17.4. The molecular formula is C20H24FIN4O2. The van der Waals surface area contributed by atoms with Crippen molar-refractivity contribution in [3.05, 3.63) is 59.5 Å². The van der Waals surface area contributed by atoms with Crippen LogP contribution >= 0.6 is 24.0 Å². The van der Waals surface area contributed by atoms with E-state index in [4.69, 9.17) is 4.74 Å². The first kappa shape index (κ1) is 21.8. The molecule has 2 aromatic carbocycles. The summed E-state index contributed by atoms with van der Waals surface area (Å²) in [4.78, 5) is 7.28. The van der Waals surface area contributed by atoms with Crippen molar-refractivity contribution >= 4 is 40.8 Å². The van der Waals surface area contributed by atoms with Crippen LogP contribution in [0.3, 0.4) is 0 Å². The zero-order valence-electron chi connectivity index (χ0n) is 15.8. The van der Waals surface area contributed by atoms with Crippen LogP contribution in [0.25, 0.3) is 10.9 Å². The summed E-state index contributed by atoms with van der Waals surface area (Å²) < 4.78 is 18.4. The molecule has 0 aliphatic heterocycles. The first-order chi connectivity index (χ1) is 13.1. The first-order valence-electron chi connectivity index (χ1n) is 8.66. The molecule has 6 nitrogen and oxygen atoms in total. The predicted octanol–water partition coefficient (Wildman–Crippen LogP) is 3.55. The number of H-pyrrole nitrogens is 1. The standard InChI is InChI=1S/C20H23FN4O2.HI/c1-22-20(25-12-14-9-16(27-2)4-6-19(14)26)23-8-7-13-11-24-18-10-15(21)3-5-17(13)18;/h3-6,9-11,24,26H,7-8,12H2,1-2H3,(H2,22,23,25);1H.